The van der Waals surface area contributed by atoms with Gasteiger partial charge in [-0.25, -0.2) is 0 Å². The minimum atomic E-state index is -0.785. The Kier molecular flexibility index (Phi) is 2.10. The standard InChI is InChI=1S/C12H10BrNO3/c13-6-1-2-7-8(3-6)12(5-14-10(7)15)4-9(12)11(16)17/h1-3,9H,4-5H2,(H,14,15)(H,16,17). The molecule has 5 heteroatoms. The Labute approximate surface area is 106 Å². The van der Waals surface area contributed by atoms with Crippen molar-refractivity contribution in [1.29, 1.82) is 0 Å². The Morgan fingerprint density at radius 2 is 2.29 bits per heavy atom. The SMILES string of the molecule is O=C1NCC2(CC2C(=O)O)c2cc(Br)ccc21. The second kappa shape index (κ2) is 3.32. The van der Waals surface area contributed by atoms with Crippen LogP contribution in [0.25, 0.3) is 0 Å². The van der Waals surface area contributed by atoms with E-state index in [0.717, 1.165) is 10.0 Å². The van der Waals surface area contributed by atoms with Crippen molar-refractivity contribution in [2.75, 3.05) is 6.54 Å². The molecule has 1 aromatic carbocycles. The molecule has 2 N–H and O–H groups in total. The third kappa shape index (κ3) is 1.42. The van der Waals surface area contributed by atoms with Crippen LogP contribution in [0.1, 0.15) is 22.3 Å². The van der Waals surface area contributed by atoms with Crippen LogP contribution in [0.15, 0.2) is 22.7 Å². The number of carbonyl (C=O) groups excluding carboxylic acids is 1. The van der Waals surface area contributed by atoms with E-state index in [-0.39, 0.29) is 11.8 Å². The molecule has 1 saturated carbocycles. The Balaban J connectivity index is 2.13. The highest BCUT2D eigenvalue weighted by Crippen LogP contribution is 2.56. The first-order chi connectivity index (χ1) is 8.04. The van der Waals surface area contributed by atoms with Gasteiger partial charge in [-0.2, -0.15) is 0 Å². The van der Waals surface area contributed by atoms with Crippen LogP contribution in [0.2, 0.25) is 0 Å². The van der Waals surface area contributed by atoms with Crippen LogP contribution in [0.4, 0.5) is 0 Å². The van der Waals surface area contributed by atoms with Crippen LogP contribution in [0, 0.1) is 5.92 Å². The molecule has 1 amide bonds. The van der Waals surface area contributed by atoms with E-state index in [0.29, 0.717) is 18.5 Å². The summed E-state index contributed by atoms with van der Waals surface area (Å²) in [4.78, 5) is 22.8. The van der Waals surface area contributed by atoms with Gasteiger partial charge in [-0.3, -0.25) is 9.59 Å². The maximum absolute atomic E-state index is 11.7. The lowest BCUT2D eigenvalue weighted by atomic mass is 9.86. The summed E-state index contributed by atoms with van der Waals surface area (Å²) in [6.07, 6.45) is 0.603. The number of carboxylic acids is 1. The van der Waals surface area contributed by atoms with Crippen molar-refractivity contribution in [2.45, 2.75) is 11.8 Å². The van der Waals surface area contributed by atoms with Crippen LogP contribution in [-0.4, -0.2) is 23.5 Å². The second-order valence-electron chi connectivity index (χ2n) is 4.62. The molecule has 2 aliphatic rings. The summed E-state index contributed by atoms with van der Waals surface area (Å²) in [5, 5.41) is 11.9. The molecule has 1 fully saturated rings. The predicted octanol–water partition coefficient (Wildman–Crippen LogP) is 1.53. The van der Waals surface area contributed by atoms with Gasteiger partial charge < -0.3 is 10.4 Å². The van der Waals surface area contributed by atoms with E-state index in [4.69, 9.17) is 5.11 Å². The van der Waals surface area contributed by atoms with E-state index < -0.39 is 11.4 Å². The van der Waals surface area contributed by atoms with Gasteiger partial charge in [0.25, 0.3) is 5.91 Å². The van der Waals surface area contributed by atoms with Gasteiger partial charge in [-0.15, -0.1) is 0 Å². The quantitative estimate of drug-likeness (QED) is 0.826. The molecular weight excluding hydrogens is 286 g/mol. The fourth-order valence-corrected chi connectivity index (χ4v) is 3.04. The number of carboxylic acid groups (broad SMARTS) is 1. The molecule has 88 valence electrons. The fourth-order valence-electron chi connectivity index (χ4n) is 2.68. The lowest BCUT2D eigenvalue weighted by Gasteiger charge is -2.26. The average molecular weight is 296 g/mol. The molecule has 1 spiro atoms. The van der Waals surface area contributed by atoms with E-state index >= 15 is 0 Å². The smallest absolute Gasteiger partial charge is 0.307 e. The zero-order valence-corrected chi connectivity index (χ0v) is 10.5. The first-order valence-corrected chi connectivity index (χ1v) is 6.15. The topological polar surface area (TPSA) is 66.4 Å². The van der Waals surface area contributed by atoms with Gasteiger partial charge in [0, 0.05) is 22.0 Å². The van der Waals surface area contributed by atoms with Crippen molar-refractivity contribution in [1.82, 2.24) is 5.32 Å². The summed E-state index contributed by atoms with van der Waals surface area (Å²) in [6.45, 7) is 0.423. The molecule has 0 aromatic heterocycles. The molecule has 2 unspecified atom stereocenters. The van der Waals surface area contributed by atoms with Crippen molar-refractivity contribution in [2.24, 2.45) is 5.92 Å². The monoisotopic (exact) mass is 295 g/mol. The van der Waals surface area contributed by atoms with Gasteiger partial charge in [0.2, 0.25) is 0 Å². The number of nitrogens with one attached hydrogen (secondary N) is 1. The normalized spacial score (nSPS) is 29.7. The van der Waals surface area contributed by atoms with E-state index in [2.05, 4.69) is 21.2 Å². The van der Waals surface area contributed by atoms with Crippen molar-refractivity contribution < 1.29 is 14.7 Å². The van der Waals surface area contributed by atoms with Gasteiger partial charge in [-0.1, -0.05) is 15.9 Å². The lowest BCUT2D eigenvalue weighted by Crippen LogP contribution is -2.41. The number of amides is 1. The zero-order valence-electron chi connectivity index (χ0n) is 8.87. The van der Waals surface area contributed by atoms with Crippen molar-refractivity contribution >= 4 is 27.8 Å². The Bertz CT molecular complexity index is 543. The summed E-state index contributed by atoms with van der Waals surface area (Å²) in [5.74, 6) is -1.28. The first-order valence-electron chi connectivity index (χ1n) is 5.36. The largest absolute Gasteiger partial charge is 0.481 e. The number of hydrogen-bond donors (Lipinski definition) is 2. The lowest BCUT2D eigenvalue weighted by molar-refractivity contribution is -0.139. The summed E-state index contributed by atoms with van der Waals surface area (Å²) in [6, 6.07) is 5.42. The average Bonchev–Trinajstić information content (AvgIpc) is 3.00. The number of benzene rings is 1. The van der Waals surface area contributed by atoms with Crippen molar-refractivity contribution in [3.8, 4) is 0 Å². The number of halogens is 1. The van der Waals surface area contributed by atoms with E-state index in [1.807, 2.05) is 6.07 Å². The van der Waals surface area contributed by atoms with E-state index in [1.165, 1.54) is 0 Å². The summed E-state index contributed by atoms with van der Waals surface area (Å²) >= 11 is 3.37. The Morgan fingerprint density at radius 1 is 1.53 bits per heavy atom. The van der Waals surface area contributed by atoms with Gasteiger partial charge in [0.1, 0.15) is 0 Å². The highest BCUT2D eigenvalue weighted by molar-refractivity contribution is 9.10. The van der Waals surface area contributed by atoms with Crippen LogP contribution < -0.4 is 5.32 Å². The Morgan fingerprint density at radius 3 is 2.94 bits per heavy atom. The molecule has 0 radical (unpaired) electrons. The summed E-state index contributed by atoms with van der Waals surface area (Å²) < 4.78 is 0.876. The minimum absolute atomic E-state index is 0.117. The maximum Gasteiger partial charge on any atom is 0.307 e. The van der Waals surface area contributed by atoms with Gasteiger partial charge >= 0.3 is 5.97 Å². The van der Waals surface area contributed by atoms with Crippen LogP contribution >= 0.6 is 15.9 Å². The molecular formula is C12H10BrNO3. The molecule has 1 aromatic rings. The second-order valence-corrected chi connectivity index (χ2v) is 5.54. The van der Waals surface area contributed by atoms with Crippen LogP contribution in [-0.2, 0) is 10.2 Å². The highest BCUT2D eigenvalue weighted by Gasteiger charge is 2.62. The number of hydrogen-bond acceptors (Lipinski definition) is 2. The third-order valence-electron chi connectivity index (χ3n) is 3.70. The summed E-state index contributed by atoms with van der Waals surface area (Å²) in [7, 11) is 0. The number of carbonyl (C=O) groups is 2. The van der Waals surface area contributed by atoms with Crippen molar-refractivity contribution in [3.05, 3.63) is 33.8 Å². The molecule has 17 heavy (non-hydrogen) atoms. The number of rotatable bonds is 1. The molecule has 3 rings (SSSR count). The summed E-state index contributed by atoms with van der Waals surface area (Å²) in [5.41, 5.74) is 1.07. The molecule has 2 atom stereocenters. The molecule has 1 aliphatic carbocycles. The molecule has 1 aliphatic heterocycles. The molecule has 1 heterocycles. The predicted molar refractivity (Wildman–Crippen MR) is 63.9 cm³/mol. The maximum atomic E-state index is 11.7. The van der Waals surface area contributed by atoms with Gasteiger partial charge in [-0.05, 0) is 30.2 Å². The molecule has 0 bridgehead atoms. The van der Waals surface area contributed by atoms with Crippen LogP contribution in [0.3, 0.4) is 0 Å². The third-order valence-corrected chi connectivity index (χ3v) is 4.19. The zero-order chi connectivity index (χ0) is 12.2. The van der Waals surface area contributed by atoms with Gasteiger partial charge in [0.05, 0.1) is 5.92 Å². The molecule has 4 nitrogen and oxygen atoms in total. The first kappa shape index (κ1) is 10.8. The van der Waals surface area contributed by atoms with Crippen LogP contribution in [0.5, 0.6) is 0 Å². The highest BCUT2D eigenvalue weighted by atomic mass is 79.9. The number of aliphatic carboxylic acids is 1. The Hall–Kier alpha value is -1.36. The minimum Gasteiger partial charge on any atom is -0.481 e. The fraction of sp³-hybridized carbons (Fsp3) is 0.333. The number of fused-ring (bicyclic) bond motifs is 2. The van der Waals surface area contributed by atoms with E-state index in [9.17, 15) is 9.59 Å². The molecule has 0 saturated heterocycles. The van der Waals surface area contributed by atoms with Gasteiger partial charge in [0.15, 0.2) is 0 Å². The van der Waals surface area contributed by atoms with Crippen molar-refractivity contribution in [3.63, 3.8) is 0 Å². The van der Waals surface area contributed by atoms with E-state index in [1.54, 1.807) is 12.1 Å².